The summed E-state index contributed by atoms with van der Waals surface area (Å²) in [6.45, 7) is 3.15. The largest absolute Gasteiger partial charge is 0.481 e. The predicted molar refractivity (Wildman–Crippen MR) is 78.1 cm³/mol. The van der Waals surface area contributed by atoms with Crippen LogP contribution in [0.3, 0.4) is 0 Å². The first-order valence-corrected chi connectivity index (χ1v) is 7.09. The maximum absolute atomic E-state index is 10.9. The second-order valence-corrected chi connectivity index (χ2v) is 5.90. The van der Waals surface area contributed by atoms with Crippen LogP contribution in [-0.2, 0) is 4.79 Å². The van der Waals surface area contributed by atoms with E-state index in [4.69, 9.17) is 5.11 Å². The molecule has 1 aromatic rings. The van der Waals surface area contributed by atoms with Gasteiger partial charge in [0.05, 0.1) is 10.6 Å². The minimum atomic E-state index is -0.782. The molecular formula is C13H15BrN2O4. The van der Waals surface area contributed by atoms with Gasteiger partial charge in [-0.2, -0.15) is 0 Å². The Kier molecular flexibility index (Phi) is 4.27. The Hall–Kier alpha value is -1.63. The van der Waals surface area contributed by atoms with E-state index in [1.165, 1.54) is 6.07 Å². The summed E-state index contributed by atoms with van der Waals surface area (Å²) in [4.78, 5) is 23.3. The number of benzene rings is 1. The van der Waals surface area contributed by atoms with Gasteiger partial charge in [-0.25, -0.2) is 0 Å². The van der Waals surface area contributed by atoms with Crippen molar-refractivity contribution >= 4 is 33.3 Å². The molecule has 0 aromatic heterocycles. The van der Waals surface area contributed by atoms with Gasteiger partial charge in [-0.1, -0.05) is 0 Å². The van der Waals surface area contributed by atoms with E-state index in [0.717, 1.165) is 18.7 Å². The monoisotopic (exact) mass is 342 g/mol. The number of rotatable bonds is 4. The molecule has 0 spiro atoms. The summed E-state index contributed by atoms with van der Waals surface area (Å²) >= 11 is 3.37. The molecule has 1 aliphatic heterocycles. The van der Waals surface area contributed by atoms with Crippen LogP contribution in [0, 0.1) is 23.0 Å². The smallest absolute Gasteiger partial charge is 0.303 e. The summed E-state index contributed by atoms with van der Waals surface area (Å²) in [6, 6.07) is 3.29. The van der Waals surface area contributed by atoms with Gasteiger partial charge in [0, 0.05) is 35.6 Å². The Labute approximate surface area is 124 Å². The average molecular weight is 343 g/mol. The highest BCUT2D eigenvalue weighted by Gasteiger charge is 2.27. The van der Waals surface area contributed by atoms with Crippen LogP contribution in [0.5, 0.6) is 0 Å². The summed E-state index contributed by atoms with van der Waals surface area (Å²) in [7, 11) is 0. The van der Waals surface area contributed by atoms with Gasteiger partial charge in [-0.3, -0.25) is 14.9 Å². The van der Waals surface area contributed by atoms with Crippen molar-refractivity contribution in [2.45, 2.75) is 19.8 Å². The van der Waals surface area contributed by atoms with Gasteiger partial charge in [0.2, 0.25) is 0 Å². The van der Waals surface area contributed by atoms with Crippen molar-refractivity contribution in [2.75, 3.05) is 18.0 Å². The van der Waals surface area contributed by atoms with Crippen LogP contribution in [0.1, 0.15) is 18.4 Å². The summed E-state index contributed by atoms with van der Waals surface area (Å²) in [6.07, 6.45) is 0.995. The molecule has 0 amide bonds. The summed E-state index contributed by atoms with van der Waals surface area (Å²) < 4.78 is 0.672. The molecule has 1 saturated heterocycles. The molecule has 0 radical (unpaired) electrons. The van der Waals surface area contributed by atoms with Gasteiger partial charge in [-0.15, -0.1) is 0 Å². The molecule has 108 valence electrons. The molecule has 2 rings (SSSR count). The van der Waals surface area contributed by atoms with Crippen molar-refractivity contribution in [3.63, 3.8) is 0 Å². The van der Waals surface area contributed by atoms with Gasteiger partial charge < -0.3 is 10.0 Å². The van der Waals surface area contributed by atoms with Gasteiger partial charge >= 0.3 is 5.97 Å². The molecule has 1 aliphatic rings. The number of nitro groups is 1. The maximum Gasteiger partial charge on any atom is 0.303 e. The lowest BCUT2D eigenvalue weighted by Gasteiger charge is -2.20. The zero-order chi connectivity index (χ0) is 14.9. The van der Waals surface area contributed by atoms with Crippen LogP contribution in [0.15, 0.2) is 16.6 Å². The van der Waals surface area contributed by atoms with Gasteiger partial charge in [0.25, 0.3) is 5.69 Å². The number of carboxylic acid groups (broad SMARTS) is 1. The zero-order valence-corrected chi connectivity index (χ0v) is 12.6. The summed E-state index contributed by atoms with van der Waals surface area (Å²) in [5.41, 5.74) is 1.58. The van der Waals surface area contributed by atoms with E-state index in [1.807, 2.05) is 0 Å². The first-order chi connectivity index (χ1) is 9.38. The molecular weight excluding hydrogens is 328 g/mol. The number of aryl methyl sites for hydroxylation is 1. The SMILES string of the molecule is Cc1cc(N2CCC(CC(=O)O)C2)c(Br)cc1[N+](=O)[O-]. The van der Waals surface area contributed by atoms with Crippen LogP contribution in [0.4, 0.5) is 11.4 Å². The van der Waals surface area contributed by atoms with Crippen LogP contribution < -0.4 is 4.90 Å². The molecule has 1 unspecified atom stereocenters. The van der Waals surface area contributed by atoms with E-state index in [-0.39, 0.29) is 18.0 Å². The van der Waals surface area contributed by atoms with E-state index in [2.05, 4.69) is 20.8 Å². The first-order valence-electron chi connectivity index (χ1n) is 6.29. The number of hydrogen-bond acceptors (Lipinski definition) is 4. The highest BCUT2D eigenvalue weighted by Crippen LogP contribution is 2.36. The second-order valence-electron chi connectivity index (χ2n) is 5.05. The first kappa shape index (κ1) is 14.8. The molecule has 0 bridgehead atoms. The number of nitro benzene ring substituents is 1. The van der Waals surface area contributed by atoms with Crippen molar-refractivity contribution in [3.05, 3.63) is 32.3 Å². The molecule has 6 nitrogen and oxygen atoms in total. The van der Waals surface area contributed by atoms with E-state index in [9.17, 15) is 14.9 Å². The van der Waals surface area contributed by atoms with E-state index < -0.39 is 10.9 Å². The van der Waals surface area contributed by atoms with Crippen LogP contribution in [0.25, 0.3) is 0 Å². The van der Waals surface area contributed by atoms with Gasteiger partial charge in [-0.05, 0) is 41.3 Å². The molecule has 1 atom stereocenters. The van der Waals surface area contributed by atoms with E-state index in [0.29, 0.717) is 16.6 Å². The fraction of sp³-hybridized carbons (Fsp3) is 0.462. The predicted octanol–water partition coefficient (Wildman–Crippen LogP) is 2.97. The summed E-state index contributed by atoms with van der Waals surface area (Å²) in [5.74, 6) is -0.648. The highest BCUT2D eigenvalue weighted by atomic mass is 79.9. The maximum atomic E-state index is 10.9. The minimum Gasteiger partial charge on any atom is -0.481 e. The molecule has 20 heavy (non-hydrogen) atoms. The topological polar surface area (TPSA) is 83.7 Å². The third-order valence-corrected chi connectivity index (χ3v) is 4.19. The number of aliphatic carboxylic acids is 1. The van der Waals surface area contributed by atoms with Gasteiger partial charge in [0.1, 0.15) is 0 Å². The molecule has 7 heteroatoms. The molecule has 1 fully saturated rings. The van der Waals surface area contributed by atoms with Crippen LogP contribution >= 0.6 is 15.9 Å². The Morgan fingerprint density at radius 2 is 2.30 bits per heavy atom. The summed E-state index contributed by atoms with van der Waals surface area (Å²) in [5, 5.41) is 19.7. The molecule has 1 aromatic carbocycles. The van der Waals surface area contributed by atoms with Gasteiger partial charge in [0.15, 0.2) is 0 Å². The number of anilines is 1. The zero-order valence-electron chi connectivity index (χ0n) is 11.0. The number of halogens is 1. The fourth-order valence-corrected chi connectivity index (χ4v) is 3.14. The Morgan fingerprint density at radius 1 is 1.60 bits per heavy atom. The Morgan fingerprint density at radius 3 is 2.90 bits per heavy atom. The third kappa shape index (κ3) is 3.09. The minimum absolute atomic E-state index is 0.0851. The number of nitrogens with zero attached hydrogens (tertiary/aromatic N) is 2. The number of carbonyl (C=O) groups is 1. The molecule has 0 aliphatic carbocycles. The lowest BCUT2D eigenvalue weighted by molar-refractivity contribution is -0.385. The Bertz CT molecular complexity index is 562. The van der Waals surface area contributed by atoms with Crippen molar-refractivity contribution < 1.29 is 14.8 Å². The second kappa shape index (κ2) is 5.78. The van der Waals surface area contributed by atoms with Crippen molar-refractivity contribution in [3.8, 4) is 0 Å². The lowest BCUT2D eigenvalue weighted by atomic mass is 10.1. The van der Waals surface area contributed by atoms with Crippen LogP contribution in [-0.4, -0.2) is 29.1 Å². The average Bonchev–Trinajstić information content (AvgIpc) is 2.78. The molecule has 0 saturated carbocycles. The quantitative estimate of drug-likeness (QED) is 0.671. The van der Waals surface area contributed by atoms with Crippen molar-refractivity contribution in [1.82, 2.24) is 0 Å². The van der Waals surface area contributed by atoms with Crippen LogP contribution in [0.2, 0.25) is 0 Å². The fourth-order valence-electron chi connectivity index (χ4n) is 2.56. The molecule has 1 heterocycles. The highest BCUT2D eigenvalue weighted by molar-refractivity contribution is 9.10. The van der Waals surface area contributed by atoms with Crippen molar-refractivity contribution in [2.24, 2.45) is 5.92 Å². The third-order valence-electron chi connectivity index (χ3n) is 3.55. The number of hydrogen-bond donors (Lipinski definition) is 1. The standard InChI is InChI=1S/C13H15BrN2O4/c1-8-4-12(10(14)6-11(8)16(19)20)15-3-2-9(7-15)5-13(17)18/h4,6,9H,2-3,5,7H2,1H3,(H,17,18). The number of carboxylic acids is 1. The van der Waals surface area contributed by atoms with E-state index in [1.54, 1.807) is 13.0 Å². The lowest BCUT2D eigenvalue weighted by Crippen LogP contribution is -2.21. The Balaban J connectivity index is 2.20. The normalized spacial score (nSPS) is 18.3. The van der Waals surface area contributed by atoms with Crippen molar-refractivity contribution in [1.29, 1.82) is 0 Å². The molecule has 1 N–H and O–H groups in total. The van der Waals surface area contributed by atoms with E-state index >= 15 is 0 Å².